The summed E-state index contributed by atoms with van der Waals surface area (Å²) in [6, 6.07) is 17.9. The first-order valence-electron chi connectivity index (χ1n) is 8.58. The fourth-order valence-corrected chi connectivity index (χ4v) is 2.99. The zero-order valence-corrected chi connectivity index (χ0v) is 17.0. The number of rotatable bonds is 4. The van der Waals surface area contributed by atoms with E-state index in [4.69, 9.17) is 14.9 Å². The molecule has 3 aromatic rings. The Morgan fingerprint density at radius 1 is 1.15 bits per heavy atom. The van der Waals surface area contributed by atoms with Crippen molar-refractivity contribution in [1.82, 2.24) is 10.3 Å². The van der Waals surface area contributed by atoms with E-state index >= 15 is 0 Å². The average molecular weight is 476 g/mol. The van der Waals surface area contributed by atoms with Crippen molar-refractivity contribution in [3.05, 3.63) is 72.2 Å². The lowest BCUT2D eigenvalue weighted by molar-refractivity contribution is 0.262. The summed E-state index contributed by atoms with van der Waals surface area (Å²) in [7, 11) is 0. The van der Waals surface area contributed by atoms with Gasteiger partial charge < -0.3 is 20.2 Å². The minimum atomic E-state index is 0. The number of nitrogens with two attached hydrogens (primary N) is 1. The number of hydrogen-bond acceptors (Lipinski definition) is 4. The lowest BCUT2D eigenvalue weighted by atomic mass is 10.0. The third-order valence-corrected chi connectivity index (χ3v) is 4.28. The Morgan fingerprint density at radius 3 is 2.78 bits per heavy atom. The van der Waals surface area contributed by atoms with E-state index in [0.29, 0.717) is 18.5 Å². The number of fused-ring (bicyclic) bond motifs is 1. The normalized spacial score (nSPS) is 16.0. The van der Waals surface area contributed by atoms with Crippen LogP contribution in [0.25, 0.3) is 11.3 Å². The van der Waals surface area contributed by atoms with Crippen LogP contribution in [-0.4, -0.2) is 17.6 Å². The second kappa shape index (κ2) is 8.90. The zero-order chi connectivity index (χ0) is 17.8. The Morgan fingerprint density at radius 2 is 1.93 bits per heavy atom. The quantitative estimate of drug-likeness (QED) is 0.339. The van der Waals surface area contributed by atoms with E-state index in [-0.39, 0.29) is 36.6 Å². The van der Waals surface area contributed by atoms with Gasteiger partial charge in [0, 0.05) is 17.5 Å². The molecule has 4 rings (SSSR count). The van der Waals surface area contributed by atoms with Gasteiger partial charge in [0.1, 0.15) is 12.3 Å². The Balaban J connectivity index is 0.00000210. The van der Waals surface area contributed by atoms with Crippen LogP contribution in [0.15, 0.2) is 70.2 Å². The van der Waals surface area contributed by atoms with E-state index in [2.05, 4.69) is 15.3 Å². The van der Waals surface area contributed by atoms with Crippen LogP contribution in [-0.2, 0) is 6.54 Å². The maximum Gasteiger partial charge on any atom is 0.216 e. The highest BCUT2D eigenvalue weighted by molar-refractivity contribution is 14.0. The summed E-state index contributed by atoms with van der Waals surface area (Å²) < 4.78 is 11.4. The summed E-state index contributed by atoms with van der Waals surface area (Å²) in [5, 5.41) is 3.26. The van der Waals surface area contributed by atoms with Crippen molar-refractivity contribution in [2.75, 3.05) is 6.61 Å². The molecular weight excluding hydrogens is 455 g/mol. The van der Waals surface area contributed by atoms with Gasteiger partial charge in [-0.15, -0.1) is 24.0 Å². The second-order valence-electron chi connectivity index (χ2n) is 6.06. The SMILES string of the molecule is I.NC(=NCc1ncc(-c2ccccc2)o1)NC1CCOc2ccccc21. The summed E-state index contributed by atoms with van der Waals surface area (Å²) >= 11 is 0. The molecule has 0 spiro atoms. The van der Waals surface area contributed by atoms with Crippen molar-refractivity contribution in [2.45, 2.75) is 19.0 Å². The van der Waals surface area contributed by atoms with Gasteiger partial charge in [0.2, 0.25) is 5.89 Å². The van der Waals surface area contributed by atoms with Crippen LogP contribution in [0.4, 0.5) is 0 Å². The van der Waals surface area contributed by atoms with Gasteiger partial charge >= 0.3 is 0 Å². The number of oxazole rings is 1. The Labute approximate surface area is 174 Å². The molecule has 0 radical (unpaired) electrons. The number of aromatic nitrogens is 1. The van der Waals surface area contributed by atoms with Gasteiger partial charge in [0.25, 0.3) is 0 Å². The molecule has 0 bridgehead atoms. The lowest BCUT2D eigenvalue weighted by Crippen LogP contribution is -2.37. The molecule has 1 unspecified atom stereocenters. The number of aliphatic imine (C=N–C) groups is 1. The van der Waals surface area contributed by atoms with E-state index in [1.165, 1.54) is 0 Å². The zero-order valence-electron chi connectivity index (χ0n) is 14.7. The van der Waals surface area contributed by atoms with E-state index in [1.807, 2.05) is 54.6 Å². The molecular formula is C20H21IN4O2. The predicted molar refractivity (Wildman–Crippen MR) is 115 cm³/mol. The fraction of sp³-hybridized carbons (Fsp3) is 0.200. The minimum Gasteiger partial charge on any atom is -0.493 e. The summed E-state index contributed by atoms with van der Waals surface area (Å²) in [6.45, 7) is 0.943. The first-order valence-corrected chi connectivity index (χ1v) is 8.58. The predicted octanol–water partition coefficient (Wildman–Crippen LogP) is 3.89. The molecule has 2 heterocycles. The molecule has 7 heteroatoms. The van der Waals surface area contributed by atoms with E-state index in [9.17, 15) is 0 Å². The van der Waals surface area contributed by atoms with Crippen LogP contribution in [0.5, 0.6) is 5.75 Å². The second-order valence-corrected chi connectivity index (χ2v) is 6.06. The van der Waals surface area contributed by atoms with Crippen LogP contribution in [0.3, 0.4) is 0 Å². The van der Waals surface area contributed by atoms with Gasteiger partial charge in [-0.1, -0.05) is 48.5 Å². The number of para-hydroxylation sites is 1. The average Bonchev–Trinajstić information content (AvgIpc) is 3.17. The highest BCUT2D eigenvalue weighted by Gasteiger charge is 2.21. The molecule has 0 saturated carbocycles. The van der Waals surface area contributed by atoms with Crippen molar-refractivity contribution in [3.8, 4) is 17.1 Å². The van der Waals surface area contributed by atoms with E-state index in [0.717, 1.165) is 29.1 Å². The van der Waals surface area contributed by atoms with Crippen molar-refractivity contribution in [3.63, 3.8) is 0 Å². The largest absolute Gasteiger partial charge is 0.493 e. The molecule has 1 aliphatic rings. The van der Waals surface area contributed by atoms with Gasteiger partial charge in [0.05, 0.1) is 18.8 Å². The molecule has 1 atom stereocenters. The van der Waals surface area contributed by atoms with Gasteiger partial charge in [-0.3, -0.25) is 0 Å². The minimum absolute atomic E-state index is 0. The number of hydrogen-bond donors (Lipinski definition) is 2. The highest BCUT2D eigenvalue weighted by atomic mass is 127. The van der Waals surface area contributed by atoms with Gasteiger partial charge in [-0.2, -0.15) is 0 Å². The molecule has 27 heavy (non-hydrogen) atoms. The number of ether oxygens (including phenoxy) is 1. The fourth-order valence-electron chi connectivity index (χ4n) is 2.99. The molecule has 140 valence electrons. The summed E-state index contributed by atoms with van der Waals surface area (Å²) in [4.78, 5) is 8.62. The van der Waals surface area contributed by atoms with Gasteiger partial charge in [-0.25, -0.2) is 9.98 Å². The monoisotopic (exact) mass is 476 g/mol. The summed E-state index contributed by atoms with van der Waals surface area (Å²) in [6.07, 6.45) is 2.54. The van der Waals surface area contributed by atoms with E-state index < -0.39 is 0 Å². The summed E-state index contributed by atoms with van der Waals surface area (Å²) in [5.74, 6) is 2.51. The molecule has 0 fully saturated rings. The maximum absolute atomic E-state index is 6.06. The molecule has 0 amide bonds. The number of nitrogens with one attached hydrogen (secondary N) is 1. The third kappa shape index (κ3) is 4.60. The molecule has 3 N–H and O–H groups in total. The van der Waals surface area contributed by atoms with Gasteiger partial charge in [-0.05, 0) is 6.07 Å². The first-order chi connectivity index (χ1) is 12.8. The molecule has 2 aromatic carbocycles. The van der Waals surface area contributed by atoms with Crippen LogP contribution in [0.1, 0.15) is 23.9 Å². The third-order valence-electron chi connectivity index (χ3n) is 4.28. The number of guanidine groups is 1. The van der Waals surface area contributed by atoms with Crippen LogP contribution in [0.2, 0.25) is 0 Å². The van der Waals surface area contributed by atoms with Crippen molar-refractivity contribution in [1.29, 1.82) is 0 Å². The molecule has 0 saturated heterocycles. The number of benzene rings is 2. The molecule has 1 aromatic heterocycles. The van der Waals surface area contributed by atoms with Crippen LogP contribution in [0, 0.1) is 0 Å². The number of nitrogens with zero attached hydrogens (tertiary/aromatic N) is 2. The lowest BCUT2D eigenvalue weighted by Gasteiger charge is -2.26. The maximum atomic E-state index is 6.06. The summed E-state index contributed by atoms with van der Waals surface area (Å²) in [5.41, 5.74) is 8.14. The Bertz CT molecular complexity index is 911. The number of halogens is 1. The van der Waals surface area contributed by atoms with Crippen molar-refractivity contribution in [2.24, 2.45) is 10.7 Å². The van der Waals surface area contributed by atoms with Crippen molar-refractivity contribution >= 4 is 29.9 Å². The molecule has 6 nitrogen and oxygen atoms in total. The van der Waals surface area contributed by atoms with Gasteiger partial charge in [0.15, 0.2) is 11.7 Å². The first kappa shape index (κ1) is 19.2. The molecule has 0 aliphatic carbocycles. The topological polar surface area (TPSA) is 85.7 Å². The smallest absolute Gasteiger partial charge is 0.216 e. The molecule has 1 aliphatic heterocycles. The van der Waals surface area contributed by atoms with Crippen molar-refractivity contribution < 1.29 is 9.15 Å². The highest BCUT2D eigenvalue weighted by Crippen LogP contribution is 2.31. The van der Waals surface area contributed by atoms with Crippen LogP contribution >= 0.6 is 24.0 Å². The van der Waals surface area contributed by atoms with Crippen LogP contribution < -0.4 is 15.8 Å². The standard InChI is InChI=1S/C20H20N4O2.HI/c21-20(24-16-10-11-25-17-9-5-4-8-15(16)17)23-13-19-22-12-18(26-19)14-6-2-1-3-7-14;/h1-9,12,16H,10-11,13H2,(H3,21,23,24);1H. The Hall–Kier alpha value is -2.55. The Kier molecular flexibility index (Phi) is 6.33. The van der Waals surface area contributed by atoms with E-state index in [1.54, 1.807) is 6.20 Å².